The Kier molecular flexibility index (Phi) is 4.31. The molecule has 3 nitrogen and oxygen atoms in total. The molecule has 18 heavy (non-hydrogen) atoms. The van der Waals surface area contributed by atoms with E-state index in [1.807, 2.05) is 0 Å². The van der Waals surface area contributed by atoms with Crippen LogP contribution >= 0.6 is 0 Å². The Bertz CT molecular complexity index is 422. The summed E-state index contributed by atoms with van der Waals surface area (Å²) >= 11 is 0. The minimum Gasteiger partial charge on any atom is -0.336 e. The molecule has 0 spiro atoms. The second kappa shape index (κ2) is 5.96. The van der Waals surface area contributed by atoms with Crippen LogP contribution in [0.25, 0.3) is 0 Å². The van der Waals surface area contributed by atoms with Crippen LogP contribution in [0.1, 0.15) is 36.0 Å². The molecule has 2 N–H and O–H groups in total. The van der Waals surface area contributed by atoms with Crippen molar-refractivity contribution in [3.8, 4) is 0 Å². The van der Waals surface area contributed by atoms with Crippen LogP contribution in [-0.4, -0.2) is 29.9 Å². The van der Waals surface area contributed by atoms with Crippen molar-refractivity contribution in [2.75, 3.05) is 13.1 Å². The number of amides is 1. The average Bonchev–Trinajstić information content (AvgIpc) is 2.84. The van der Waals surface area contributed by atoms with Crippen molar-refractivity contribution in [3.05, 3.63) is 35.6 Å². The summed E-state index contributed by atoms with van der Waals surface area (Å²) in [6.45, 7) is 1.36. The first-order valence-electron chi connectivity index (χ1n) is 6.49. The van der Waals surface area contributed by atoms with Crippen molar-refractivity contribution < 1.29 is 9.18 Å². The van der Waals surface area contributed by atoms with Gasteiger partial charge >= 0.3 is 0 Å². The molecule has 1 amide bonds. The van der Waals surface area contributed by atoms with Crippen molar-refractivity contribution in [1.82, 2.24) is 4.90 Å². The van der Waals surface area contributed by atoms with Gasteiger partial charge in [0.25, 0.3) is 5.91 Å². The summed E-state index contributed by atoms with van der Waals surface area (Å²) in [6.07, 6.45) is 3.82. The van der Waals surface area contributed by atoms with Gasteiger partial charge in [0, 0.05) is 12.6 Å². The van der Waals surface area contributed by atoms with Gasteiger partial charge in [0.05, 0.1) is 5.56 Å². The average molecular weight is 250 g/mol. The van der Waals surface area contributed by atoms with Crippen LogP contribution < -0.4 is 5.73 Å². The normalized spacial score (nSPS) is 19.2. The number of halogens is 1. The second-order valence-corrected chi connectivity index (χ2v) is 4.71. The van der Waals surface area contributed by atoms with Gasteiger partial charge in [-0.1, -0.05) is 12.1 Å². The van der Waals surface area contributed by atoms with Gasteiger partial charge in [-0.05, 0) is 44.4 Å². The summed E-state index contributed by atoms with van der Waals surface area (Å²) in [4.78, 5) is 14.1. The zero-order chi connectivity index (χ0) is 13.0. The summed E-state index contributed by atoms with van der Waals surface area (Å²) < 4.78 is 13.6. The van der Waals surface area contributed by atoms with E-state index in [4.69, 9.17) is 5.73 Å². The van der Waals surface area contributed by atoms with E-state index < -0.39 is 5.82 Å². The van der Waals surface area contributed by atoms with E-state index >= 15 is 0 Å². The molecular formula is C14H19FN2O. The lowest BCUT2D eigenvalue weighted by Crippen LogP contribution is -2.36. The van der Waals surface area contributed by atoms with E-state index in [1.54, 1.807) is 23.1 Å². The number of carbonyl (C=O) groups excluding carboxylic acids is 1. The number of hydrogen-bond donors (Lipinski definition) is 1. The van der Waals surface area contributed by atoms with Crippen molar-refractivity contribution >= 4 is 5.91 Å². The van der Waals surface area contributed by atoms with E-state index in [0.29, 0.717) is 6.54 Å². The van der Waals surface area contributed by atoms with Crippen LogP contribution in [-0.2, 0) is 0 Å². The fourth-order valence-electron chi connectivity index (χ4n) is 2.55. The highest BCUT2D eigenvalue weighted by molar-refractivity contribution is 5.94. The van der Waals surface area contributed by atoms with Crippen LogP contribution in [0.3, 0.4) is 0 Å². The molecular weight excluding hydrogens is 231 g/mol. The molecule has 1 saturated heterocycles. The van der Waals surface area contributed by atoms with E-state index in [0.717, 1.165) is 32.2 Å². The summed E-state index contributed by atoms with van der Waals surface area (Å²) in [5.41, 5.74) is 5.68. The van der Waals surface area contributed by atoms with E-state index in [1.165, 1.54) is 6.07 Å². The summed E-state index contributed by atoms with van der Waals surface area (Å²) in [7, 11) is 0. The topological polar surface area (TPSA) is 46.3 Å². The third-order valence-corrected chi connectivity index (χ3v) is 3.48. The quantitative estimate of drug-likeness (QED) is 0.890. The number of nitrogens with zero attached hydrogens (tertiary/aromatic N) is 1. The minimum atomic E-state index is -0.438. The number of likely N-dealkylation sites (tertiary alicyclic amines) is 1. The van der Waals surface area contributed by atoms with Crippen molar-refractivity contribution in [1.29, 1.82) is 0 Å². The van der Waals surface area contributed by atoms with Gasteiger partial charge in [0.1, 0.15) is 5.82 Å². The highest BCUT2D eigenvalue weighted by atomic mass is 19.1. The molecule has 0 radical (unpaired) electrons. The van der Waals surface area contributed by atoms with Crippen LogP contribution in [0.2, 0.25) is 0 Å². The van der Waals surface area contributed by atoms with E-state index in [-0.39, 0.29) is 17.5 Å². The molecule has 1 heterocycles. The van der Waals surface area contributed by atoms with Crippen LogP contribution in [0.4, 0.5) is 4.39 Å². The first kappa shape index (κ1) is 13.0. The van der Waals surface area contributed by atoms with Crippen molar-refractivity contribution in [2.24, 2.45) is 5.73 Å². The lowest BCUT2D eigenvalue weighted by atomic mass is 10.1. The maximum Gasteiger partial charge on any atom is 0.257 e. The molecule has 98 valence electrons. The largest absolute Gasteiger partial charge is 0.336 e. The SMILES string of the molecule is NCCCC1CCCN1C(=O)c1ccccc1F. The summed E-state index contributed by atoms with van der Waals surface area (Å²) in [6, 6.07) is 6.40. The molecule has 4 heteroatoms. The molecule has 0 saturated carbocycles. The zero-order valence-electron chi connectivity index (χ0n) is 10.4. The highest BCUT2D eigenvalue weighted by Crippen LogP contribution is 2.24. The molecule has 1 aromatic rings. The predicted octanol–water partition coefficient (Wildman–Crippen LogP) is 2.17. The van der Waals surface area contributed by atoms with Gasteiger partial charge < -0.3 is 10.6 Å². The molecule has 0 bridgehead atoms. The predicted molar refractivity (Wildman–Crippen MR) is 68.7 cm³/mol. The molecule has 1 unspecified atom stereocenters. The molecule has 0 aromatic heterocycles. The molecule has 1 fully saturated rings. The number of benzene rings is 1. The van der Waals surface area contributed by atoms with Crippen molar-refractivity contribution in [2.45, 2.75) is 31.7 Å². The maximum atomic E-state index is 13.6. The number of nitrogens with two attached hydrogens (primary N) is 1. The minimum absolute atomic E-state index is 0.178. The molecule has 0 aliphatic carbocycles. The van der Waals surface area contributed by atoms with Gasteiger partial charge in [-0.2, -0.15) is 0 Å². The fourth-order valence-corrected chi connectivity index (χ4v) is 2.55. The summed E-state index contributed by atoms with van der Waals surface area (Å²) in [5, 5.41) is 0. The Morgan fingerprint density at radius 2 is 2.22 bits per heavy atom. The molecule has 1 aromatic carbocycles. The first-order valence-corrected chi connectivity index (χ1v) is 6.49. The first-order chi connectivity index (χ1) is 8.74. The fraction of sp³-hybridized carbons (Fsp3) is 0.500. The Morgan fingerprint density at radius 3 is 2.94 bits per heavy atom. The van der Waals surface area contributed by atoms with Crippen LogP contribution in [0.15, 0.2) is 24.3 Å². The zero-order valence-corrected chi connectivity index (χ0v) is 10.4. The monoisotopic (exact) mass is 250 g/mol. The van der Waals surface area contributed by atoms with Gasteiger partial charge in [0.15, 0.2) is 0 Å². The highest BCUT2D eigenvalue weighted by Gasteiger charge is 2.29. The van der Waals surface area contributed by atoms with Gasteiger partial charge in [0.2, 0.25) is 0 Å². The molecule has 2 rings (SSSR count). The number of rotatable bonds is 4. The Morgan fingerprint density at radius 1 is 1.44 bits per heavy atom. The van der Waals surface area contributed by atoms with E-state index in [2.05, 4.69) is 0 Å². The Balaban J connectivity index is 2.10. The van der Waals surface area contributed by atoms with Crippen LogP contribution in [0, 0.1) is 5.82 Å². The molecule has 1 aliphatic heterocycles. The van der Waals surface area contributed by atoms with Crippen LogP contribution in [0.5, 0.6) is 0 Å². The van der Waals surface area contributed by atoms with E-state index in [9.17, 15) is 9.18 Å². The lowest BCUT2D eigenvalue weighted by molar-refractivity contribution is 0.0725. The third-order valence-electron chi connectivity index (χ3n) is 3.48. The number of hydrogen-bond acceptors (Lipinski definition) is 2. The maximum absolute atomic E-state index is 13.6. The second-order valence-electron chi connectivity index (χ2n) is 4.71. The Labute approximate surface area is 107 Å². The Hall–Kier alpha value is -1.42. The van der Waals surface area contributed by atoms with Gasteiger partial charge in [-0.25, -0.2) is 4.39 Å². The van der Waals surface area contributed by atoms with Gasteiger partial charge in [-0.15, -0.1) is 0 Å². The van der Waals surface area contributed by atoms with Crippen molar-refractivity contribution in [3.63, 3.8) is 0 Å². The smallest absolute Gasteiger partial charge is 0.257 e. The molecule has 1 aliphatic rings. The molecule has 1 atom stereocenters. The lowest BCUT2D eigenvalue weighted by Gasteiger charge is -2.24. The third kappa shape index (κ3) is 2.70. The number of carbonyl (C=O) groups is 1. The summed E-state index contributed by atoms with van der Waals surface area (Å²) in [5.74, 6) is -0.625. The van der Waals surface area contributed by atoms with Gasteiger partial charge in [-0.3, -0.25) is 4.79 Å². The standard InChI is InChI=1S/C14H19FN2O/c15-13-8-2-1-7-12(13)14(18)17-10-4-6-11(17)5-3-9-16/h1-2,7-8,11H,3-6,9-10,16H2.